The summed E-state index contributed by atoms with van der Waals surface area (Å²) in [6.45, 7) is 4.12. The van der Waals surface area contributed by atoms with E-state index in [0.717, 1.165) is 10.5 Å². The van der Waals surface area contributed by atoms with Crippen LogP contribution in [0.25, 0.3) is 0 Å². The molecule has 126 valence electrons. The van der Waals surface area contributed by atoms with Crippen molar-refractivity contribution in [3.8, 4) is 0 Å². The summed E-state index contributed by atoms with van der Waals surface area (Å²) in [4.78, 5) is 29.9. The molecule has 7 nitrogen and oxygen atoms in total. The van der Waals surface area contributed by atoms with E-state index in [1.54, 1.807) is 0 Å². The van der Waals surface area contributed by atoms with Gasteiger partial charge in [0.05, 0.1) is 0 Å². The van der Waals surface area contributed by atoms with E-state index in [0.29, 0.717) is 24.6 Å². The number of hydrogen-bond acceptors (Lipinski definition) is 5. The molecule has 1 fully saturated rings. The van der Waals surface area contributed by atoms with Crippen molar-refractivity contribution in [2.24, 2.45) is 5.92 Å². The van der Waals surface area contributed by atoms with Gasteiger partial charge >= 0.3 is 6.03 Å². The number of imide groups is 1. The Labute approximate surface area is 140 Å². The Bertz CT molecular complexity index is 726. The number of benzene rings is 1. The van der Waals surface area contributed by atoms with Gasteiger partial charge in [0.1, 0.15) is 12.6 Å². The smallest absolute Gasteiger partial charge is 0.325 e. The number of carbonyl (C=O) groups excluding carboxylic acids is 2. The lowest BCUT2D eigenvalue weighted by Gasteiger charge is -2.10. The summed E-state index contributed by atoms with van der Waals surface area (Å²) in [5, 5.41) is 6.59. The molecule has 0 radical (unpaired) electrons. The lowest BCUT2D eigenvalue weighted by molar-refractivity contribution is -0.128. The molecule has 1 atom stereocenters. The Morgan fingerprint density at radius 3 is 2.71 bits per heavy atom. The van der Waals surface area contributed by atoms with Gasteiger partial charge in [0.2, 0.25) is 5.89 Å². The maximum atomic E-state index is 12.5. The van der Waals surface area contributed by atoms with Crippen LogP contribution < -0.4 is 5.32 Å². The van der Waals surface area contributed by atoms with Gasteiger partial charge in [-0.25, -0.2) is 4.79 Å². The standard InChI is InChI=1S/C17H20N4O3/c1-11(2)8-14-19-15(24-20-14)10-21-16(22)13(18-17(21)23)9-12-6-4-3-5-7-12/h3-7,11,13H,8-10H2,1-2H3,(H,18,23)/t13-/m1/s1. The highest BCUT2D eigenvalue weighted by Gasteiger charge is 2.38. The van der Waals surface area contributed by atoms with Crippen molar-refractivity contribution < 1.29 is 14.1 Å². The van der Waals surface area contributed by atoms with Crippen LogP contribution in [0.4, 0.5) is 4.79 Å². The van der Waals surface area contributed by atoms with Crippen LogP contribution in [0.5, 0.6) is 0 Å². The Hall–Kier alpha value is -2.70. The number of urea groups is 1. The first-order chi connectivity index (χ1) is 11.5. The quantitative estimate of drug-likeness (QED) is 0.819. The van der Waals surface area contributed by atoms with Crippen LogP contribution in [-0.2, 0) is 24.2 Å². The Balaban J connectivity index is 1.65. The van der Waals surface area contributed by atoms with Crippen molar-refractivity contribution in [3.63, 3.8) is 0 Å². The van der Waals surface area contributed by atoms with Crippen molar-refractivity contribution in [2.75, 3.05) is 0 Å². The first-order valence-electron chi connectivity index (χ1n) is 8.00. The van der Waals surface area contributed by atoms with Crippen molar-refractivity contribution in [3.05, 3.63) is 47.6 Å². The van der Waals surface area contributed by atoms with E-state index < -0.39 is 12.1 Å². The summed E-state index contributed by atoms with van der Waals surface area (Å²) in [6.07, 6.45) is 1.16. The number of rotatable bonds is 6. The molecule has 0 bridgehead atoms. The number of nitrogens with zero attached hydrogens (tertiary/aromatic N) is 3. The summed E-state index contributed by atoms with van der Waals surface area (Å²) < 4.78 is 5.14. The molecule has 0 saturated carbocycles. The van der Waals surface area contributed by atoms with Crippen LogP contribution in [0.1, 0.15) is 31.1 Å². The molecule has 0 spiro atoms. The molecule has 1 aliphatic rings. The second kappa shape index (κ2) is 6.82. The van der Waals surface area contributed by atoms with E-state index in [1.807, 2.05) is 30.3 Å². The van der Waals surface area contributed by atoms with Gasteiger partial charge in [-0.2, -0.15) is 4.98 Å². The van der Waals surface area contributed by atoms with Crippen molar-refractivity contribution in [2.45, 2.75) is 39.3 Å². The van der Waals surface area contributed by atoms with Crippen LogP contribution in [0.2, 0.25) is 0 Å². The number of aromatic nitrogens is 2. The highest BCUT2D eigenvalue weighted by molar-refractivity contribution is 6.04. The minimum absolute atomic E-state index is 0.00104. The van der Waals surface area contributed by atoms with Gasteiger partial charge in [0.25, 0.3) is 5.91 Å². The van der Waals surface area contributed by atoms with Gasteiger partial charge in [0, 0.05) is 12.8 Å². The van der Waals surface area contributed by atoms with Crippen LogP contribution >= 0.6 is 0 Å². The van der Waals surface area contributed by atoms with Gasteiger partial charge in [-0.3, -0.25) is 9.69 Å². The Kier molecular flexibility index (Phi) is 4.59. The van der Waals surface area contributed by atoms with Crippen LogP contribution in [0, 0.1) is 5.92 Å². The van der Waals surface area contributed by atoms with E-state index in [2.05, 4.69) is 29.3 Å². The lowest BCUT2D eigenvalue weighted by atomic mass is 10.1. The third kappa shape index (κ3) is 3.61. The lowest BCUT2D eigenvalue weighted by Crippen LogP contribution is -2.32. The van der Waals surface area contributed by atoms with Gasteiger partial charge < -0.3 is 9.84 Å². The largest absolute Gasteiger partial charge is 0.337 e. The monoisotopic (exact) mass is 328 g/mol. The van der Waals surface area contributed by atoms with E-state index in [1.165, 1.54) is 0 Å². The van der Waals surface area contributed by atoms with E-state index in [4.69, 9.17) is 4.52 Å². The fraction of sp³-hybridized carbons (Fsp3) is 0.412. The van der Waals surface area contributed by atoms with E-state index in [-0.39, 0.29) is 18.3 Å². The predicted octanol–water partition coefficient (Wildman–Crippen LogP) is 1.93. The molecule has 1 aromatic heterocycles. The minimum atomic E-state index is -0.557. The summed E-state index contributed by atoms with van der Waals surface area (Å²) in [7, 11) is 0. The van der Waals surface area contributed by atoms with Crippen LogP contribution in [0.3, 0.4) is 0 Å². The third-order valence-electron chi connectivity index (χ3n) is 3.78. The predicted molar refractivity (Wildman–Crippen MR) is 85.9 cm³/mol. The van der Waals surface area contributed by atoms with E-state index >= 15 is 0 Å². The zero-order chi connectivity index (χ0) is 17.1. The van der Waals surface area contributed by atoms with Crippen molar-refractivity contribution >= 4 is 11.9 Å². The van der Waals surface area contributed by atoms with Crippen LogP contribution in [-0.4, -0.2) is 33.0 Å². The van der Waals surface area contributed by atoms with E-state index in [9.17, 15) is 9.59 Å². The highest BCUT2D eigenvalue weighted by Crippen LogP contribution is 2.15. The van der Waals surface area contributed by atoms with Crippen LogP contribution in [0.15, 0.2) is 34.9 Å². The molecule has 7 heteroatoms. The Morgan fingerprint density at radius 2 is 2.00 bits per heavy atom. The first kappa shape index (κ1) is 16.2. The van der Waals surface area contributed by atoms with Crippen molar-refractivity contribution in [1.82, 2.24) is 20.4 Å². The van der Waals surface area contributed by atoms with Gasteiger partial charge in [0.15, 0.2) is 5.82 Å². The number of carbonyl (C=O) groups is 2. The third-order valence-corrected chi connectivity index (χ3v) is 3.78. The number of nitrogens with one attached hydrogen (secondary N) is 1. The average Bonchev–Trinajstić information content (AvgIpc) is 3.08. The summed E-state index contributed by atoms with van der Waals surface area (Å²) >= 11 is 0. The molecular weight excluding hydrogens is 308 g/mol. The molecule has 3 amide bonds. The molecule has 1 aliphatic heterocycles. The van der Waals surface area contributed by atoms with Crippen molar-refractivity contribution in [1.29, 1.82) is 0 Å². The Morgan fingerprint density at radius 1 is 1.25 bits per heavy atom. The molecule has 1 N–H and O–H groups in total. The average molecular weight is 328 g/mol. The fourth-order valence-electron chi connectivity index (χ4n) is 2.65. The fourth-order valence-corrected chi connectivity index (χ4v) is 2.65. The maximum absolute atomic E-state index is 12.5. The second-order valence-corrected chi connectivity index (χ2v) is 6.32. The van der Waals surface area contributed by atoms with Gasteiger partial charge in [-0.05, 0) is 11.5 Å². The minimum Gasteiger partial charge on any atom is -0.337 e. The maximum Gasteiger partial charge on any atom is 0.325 e. The van der Waals surface area contributed by atoms with Gasteiger partial charge in [-0.15, -0.1) is 0 Å². The summed E-state index contributed by atoms with van der Waals surface area (Å²) in [6, 6.07) is 8.60. The summed E-state index contributed by atoms with van der Waals surface area (Å²) in [5.41, 5.74) is 0.995. The second-order valence-electron chi connectivity index (χ2n) is 6.32. The molecule has 1 saturated heterocycles. The molecule has 24 heavy (non-hydrogen) atoms. The molecular formula is C17H20N4O3. The highest BCUT2D eigenvalue weighted by atomic mass is 16.5. The number of amides is 3. The van der Waals surface area contributed by atoms with Gasteiger partial charge in [-0.1, -0.05) is 49.3 Å². The topological polar surface area (TPSA) is 88.3 Å². The molecule has 2 aromatic rings. The zero-order valence-corrected chi connectivity index (χ0v) is 13.7. The SMILES string of the molecule is CC(C)Cc1noc(CN2C(=O)N[C@H](Cc3ccccc3)C2=O)n1. The molecule has 2 heterocycles. The normalized spacial score (nSPS) is 17.6. The first-order valence-corrected chi connectivity index (χ1v) is 8.00. The molecule has 3 rings (SSSR count). The summed E-state index contributed by atoms with van der Waals surface area (Å²) in [5.74, 6) is 0.997. The molecule has 0 aliphatic carbocycles. The zero-order valence-electron chi connectivity index (χ0n) is 13.7. The molecule has 1 aromatic carbocycles. The molecule has 0 unspecified atom stereocenters. The number of hydrogen-bond donors (Lipinski definition) is 1.